The summed E-state index contributed by atoms with van der Waals surface area (Å²) in [6.45, 7) is 9.01. The number of benzene rings is 1. The van der Waals surface area contributed by atoms with E-state index in [1.165, 1.54) is 16.6 Å². The van der Waals surface area contributed by atoms with E-state index >= 15 is 0 Å². The van der Waals surface area contributed by atoms with Crippen molar-refractivity contribution in [2.24, 2.45) is 16.1 Å². The number of nitrogens with one attached hydrogen (secondary N) is 1. The molecule has 0 unspecified atom stereocenters. The normalized spacial score (nSPS) is 12.6. The van der Waals surface area contributed by atoms with Crippen LogP contribution in [0.4, 0.5) is 10.2 Å². The number of fused-ring (bicyclic) bond motifs is 1. The summed E-state index contributed by atoms with van der Waals surface area (Å²) in [5.41, 5.74) is 8.01. The molecule has 3 rings (SSSR count). The summed E-state index contributed by atoms with van der Waals surface area (Å²) < 4.78 is 14.7. The van der Waals surface area contributed by atoms with Gasteiger partial charge in [0.15, 0.2) is 11.5 Å². The van der Waals surface area contributed by atoms with Crippen LogP contribution in [0, 0.1) is 11.2 Å². The lowest BCUT2D eigenvalue weighted by atomic mass is 9.96. The first-order chi connectivity index (χ1) is 13.2. The first kappa shape index (κ1) is 19.2. The number of aromatic nitrogens is 3. The average Bonchev–Trinajstić information content (AvgIpc) is 3.04. The molecule has 2 heterocycles. The fraction of sp³-hybridized carbons (Fsp3) is 0.200. The maximum Gasteiger partial charge on any atom is 0.230 e. The lowest BCUT2D eigenvalue weighted by molar-refractivity contribution is -0.123. The highest BCUT2D eigenvalue weighted by Crippen LogP contribution is 2.23. The Kier molecular flexibility index (Phi) is 4.96. The van der Waals surface area contributed by atoms with Crippen molar-refractivity contribution in [3.63, 3.8) is 0 Å². The van der Waals surface area contributed by atoms with Crippen molar-refractivity contribution in [3.05, 3.63) is 59.7 Å². The van der Waals surface area contributed by atoms with Gasteiger partial charge >= 0.3 is 0 Å². The van der Waals surface area contributed by atoms with Crippen LogP contribution in [-0.2, 0) is 4.79 Å². The summed E-state index contributed by atoms with van der Waals surface area (Å²) in [5, 5.41) is 7.20. The molecule has 0 aliphatic carbocycles. The quantitative estimate of drug-likeness (QED) is 0.678. The second-order valence-electron chi connectivity index (χ2n) is 7.28. The van der Waals surface area contributed by atoms with Crippen molar-refractivity contribution >= 4 is 35.5 Å². The van der Waals surface area contributed by atoms with Gasteiger partial charge in [0, 0.05) is 11.0 Å². The summed E-state index contributed by atoms with van der Waals surface area (Å²) in [4.78, 5) is 20.5. The molecule has 0 saturated carbocycles. The van der Waals surface area contributed by atoms with Crippen LogP contribution in [0.3, 0.4) is 0 Å². The van der Waals surface area contributed by atoms with Gasteiger partial charge < -0.3 is 11.1 Å². The molecule has 8 heteroatoms. The maximum atomic E-state index is 13.2. The van der Waals surface area contributed by atoms with E-state index in [9.17, 15) is 9.18 Å². The highest BCUT2D eigenvalue weighted by molar-refractivity contribution is 5.94. The van der Waals surface area contributed by atoms with Crippen molar-refractivity contribution in [2.75, 3.05) is 5.32 Å². The smallest absolute Gasteiger partial charge is 0.230 e. The van der Waals surface area contributed by atoms with Crippen molar-refractivity contribution in [2.45, 2.75) is 20.8 Å². The number of imidazole rings is 1. The molecule has 7 nitrogen and oxygen atoms in total. The maximum absolute atomic E-state index is 13.2. The van der Waals surface area contributed by atoms with Crippen molar-refractivity contribution in [1.29, 1.82) is 0 Å². The van der Waals surface area contributed by atoms with Gasteiger partial charge in [0.05, 0.1) is 17.6 Å². The average molecular weight is 380 g/mol. The van der Waals surface area contributed by atoms with Crippen LogP contribution in [0.15, 0.2) is 47.6 Å². The Morgan fingerprint density at radius 2 is 1.89 bits per heavy atom. The van der Waals surface area contributed by atoms with Gasteiger partial charge in [-0.25, -0.2) is 13.9 Å². The first-order valence-electron chi connectivity index (χ1n) is 8.59. The molecular weight excluding hydrogens is 359 g/mol. The number of nitrogens with zero attached hydrogens (tertiary/aromatic N) is 4. The Balaban J connectivity index is 1.98. The van der Waals surface area contributed by atoms with E-state index in [1.54, 1.807) is 30.5 Å². The van der Waals surface area contributed by atoms with Gasteiger partial charge in [-0.05, 0) is 43.1 Å². The molecule has 1 aromatic carbocycles. The number of anilines is 1. The van der Waals surface area contributed by atoms with Crippen LogP contribution < -0.4 is 11.1 Å². The minimum atomic E-state index is -0.540. The SMILES string of the molecule is C=N/C(=C(\N)c1ccc2nc(NC(=O)C(C)(C)C)cn2n1)c1ccc(F)cc1. The van der Waals surface area contributed by atoms with E-state index in [2.05, 4.69) is 27.1 Å². The summed E-state index contributed by atoms with van der Waals surface area (Å²) >= 11 is 0. The fourth-order valence-electron chi connectivity index (χ4n) is 2.45. The van der Waals surface area contributed by atoms with E-state index in [1.807, 2.05) is 20.8 Å². The molecule has 0 aliphatic heterocycles. The topological polar surface area (TPSA) is 97.7 Å². The van der Waals surface area contributed by atoms with Crippen LogP contribution in [0.2, 0.25) is 0 Å². The minimum absolute atomic E-state index is 0.148. The van der Waals surface area contributed by atoms with Crippen LogP contribution in [0.25, 0.3) is 17.0 Å². The molecule has 28 heavy (non-hydrogen) atoms. The number of aliphatic imine (C=N–C) groups is 1. The first-order valence-corrected chi connectivity index (χ1v) is 8.59. The number of amides is 1. The summed E-state index contributed by atoms with van der Waals surface area (Å²) in [6.07, 6.45) is 1.61. The lowest BCUT2D eigenvalue weighted by Crippen LogP contribution is -2.27. The molecule has 0 spiro atoms. The van der Waals surface area contributed by atoms with Crippen LogP contribution in [0.5, 0.6) is 0 Å². The molecular formula is C20H21FN6O. The van der Waals surface area contributed by atoms with Gasteiger partial charge in [-0.3, -0.25) is 9.79 Å². The molecule has 144 valence electrons. The van der Waals surface area contributed by atoms with Gasteiger partial charge in [0.1, 0.15) is 11.5 Å². The number of rotatable bonds is 4. The molecule has 3 N–H and O–H groups in total. The Morgan fingerprint density at radius 3 is 2.50 bits per heavy atom. The van der Waals surface area contributed by atoms with Crippen LogP contribution >= 0.6 is 0 Å². The van der Waals surface area contributed by atoms with Gasteiger partial charge in [0.25, 0.3) is 0 Å². The lowest BCUT2D eigenvalue weighted by Gasteiger charge is -2.15. The van der Waals surface area contributed by atoms with Crippen molar-refractivity contribution in [3.8, 4) is 0 Å². The molecule has 0 atom stereocenters. The van der Waals surface area contributed by atoms with E-state index in [-0.39, 0.29) is 17.4 Å². The predicted octanol–water partition coefficient (Wildman–Crippen LogP) is 3.34. The molecule has 0 aliphatic rings. The summed E-state index contributed by atoms with van der Waals surface area (Å²) in [5.74, 6) is -0.105. The van der Waals surface area contributed by atoms with E-state index in [4.69, 9.17) is 5.73 Å². The third-order valence-electron chi connectivity index (χ3n) is 4.05. The Labute approximate surface area is 161 Å². The van der Waals surface area contributed by atoms with Gasteiger partial charge in [-0.15, -0.1) is 0 Å². The summed E-state index contributed by atoms with van der Waals surface area (Å²) in [7, 11) is 0. The molecule has 3 aromatic rings. The third-order valence-corrected chi connectivity index (χ3v) is 4.05. The van der Waals surface area contributed by atoms with E-state index in [0.717, 1.165) is 0 Å². The standard InChI is InChI=1S/C20H21FN6O/c1-20(2,3)19(28)25-15-11-27-16(24-15)10-9-14(26-27)17(22)18(23-4)12-5-7-13(21)8-6-12/h5-11H,4,22H2,1-3H3,(H,25,28)/b18-17-. The highest BCUT2D eigenvalue weighted by atomic mass is 19.1. The van der Waals surface area contributed by atoms with Crippen molar-refractivity contribution in [1.82, 2.24) is 14.6 Å². The zero-order valence-corrected chi connectivity index (χ0v) is 15.9. The Bertz CT molecular complexity index is 1080. The number of hydrogen-bond donors (Lipinski definition) is 2. The van der Waals surface area contributed by atoms with E-state index in [0.29, 0.717) is 28.4 Å². The molecule has 1 amide bonds. The highest BCUT2D eigenvalue weighted by Gasteiger charge is 2.22. The van der Waals surface area contributed by atoms with Crippen LogP contribution in [0.1, 0.15) is 32.0 Å². The van der Waals surface area contributed by atoms with Crippen LogP contribution in [-0.4, -0.2) is 27.2 Å². The Hall–Kier alpha value is -3.55. The Morgan fingerprint density at radius 1 is 1.21 bits per heavy atom. The number of hydrogen-bond acceptors (Lipinski definition) is 5. The van der Waals surface area contributed by atoms with Gasteiger partial charge in [-0.2, -0.15) is 5.10 Å². The second-order valence-corrected chi connectivity index (χ2v) is 7.28. The predicted molar refractivity (Wildman–Crippen MR) is 108 cm³/mol. The third kappa shape index (κ3) is 3.90. The molecule has 0 saturated heterocycles. The molecule has 0 fully saturated rings. The zero-order chi connectivity index (χ0) is 20.5. The van der Waals surface area contributed by atoms with E-state index < -0.39 is 5.41 Å². The minimum Gasteiger partial charge on any atom is -0.395 e. The second kappa shape index (κ2) is 7.22. The zero-order valence-electron chi connectivity index (χ0n) is 15.9. The summed E-state index contributed by atoms with van der Waals surface area (Å²) in [6, 6.07) is 9.22. The number of carbonyl (C=O) groups excluding carboxylic acids is 1. The molecule has 0 radical (unpaired) electrons. The number of carbonyl (C=O) groups is 1. The molecule has 2 aromatic heterocycles. The monoisotopic (exact) mass is 380 g/mol. The number of halogens is 1. The largest absolute Gasteiger partial charge is 0.395 e. The van der Waals surface area contributed by atoms with Crippen molar-refractivity contribution < 1.29 is 9.18 Å². The van der Waals surface area contributed by atoms with Gasteiger partial charge in [-0.1, -0.05) is 20.8 Å². The molecule has 0 bridgehead atoms. The fourth-order valence-corrected chi connectivity index (χ4v) is 2.45. The van der Waals surface area contributed by atoms with Gasteiger partial charge in [0.2, 0.25) is 5.91 Å². The number of nitrogens with two attached hydrogens (primary N) is 1.